The molecule has 0 bridgehead atoms. The number of hydrogen-bond donors (Lipinski definition) is 3. The Morgan fingerprint density at radius 3 is 2.48 bits per heavy atom. The van der Waals surface area contributed by atoms with Gasteiger partial charge in [0.15, 0.2) is 0 Å². The zero-order valence-electron chi connectivity index (χ0n) is 18.1. The third kappa shape index (κ3) is 5.51. The Balaban J connectivity index is 1.70. The van der Waals surface area contributed by atoms with Crippen LogP contribution in [0.3, 0.4) is 0 Å². The Morgan fingerprint density at radius 1 is 1.03 bits per heavy atom. The average Bonchev–Trinajstić information content (AvgIpc) is 3.15. The van der Waals surface area contributed by atoms with Crippen LogP contribution >= 0.6 is 0 Å². The highest BCUT2D eigenvalue weighted by molar-refractivity contribution is 5.96. The second-order valence-corrected chi connectivity index (χ2v) is 7.57. The zero-order chi connectivity index (χ0) is 22.4. The fraction of sp³-hybridized carbons (Fsp3) is 0.292. The van der Waals surface area contributed by atoms with E-state index in [0.717, 1.165) is 34.1 Å². The number of carbonyl (C=O) groups excluding carboxylic acids is 3. The second-order valence-electron chi connectivity index (χ2n) is 7.57. The molecule has 1 atom stereocenters. The molecule has 0 fully saturated rings. The van der Waals surface area contributed by atoms with Crippen molar-refractivity contribution >= 4 is 34.3 Å². The molecule has 0 saturated heterocycles. The summed E-state index contributed by atoms with van der Waals surface area (Å²) in [4.78, 5) is 41.9. The fourth-order valence-corrected chi connectivity index (χ4v) is 3.67. The summed E-state index contributed by atoms with van der Waals surface area (Å²) in [5.41, 5.74) is 3.67. The molecule has 1 heterocycles. The van der Waals surface area contributed by atoms with Gasteiger partial charge in [-0.3, -0.25) is 14.4 Å². The molecule has 3 rings (SSSR count). The van der Waals surface area contributed by atoms with Gasteiger partial charge in [0.05, 0.1) is 6.54 Å². The number of anilines is 1. The van der Waals surface area contributed by atoms with Gasteiger partial charge < -0.3 is 20.5 Å². The molecular weight excluding hydrogens is 392 g/mol. The van der Waals surface area contributed by atoms with E-state index in [9.17, 15) is 14.4 Å². The van der Waals surface area contributed by atoms with Crippen LogP contribution in [-0.4, -0.2) is 47.2 Å². The summed E-state index contributed by atoms with van der Waals surface area (Å²) in [7, 11) is 1.57. The van der Waals surface area contributed by atoms with Crippen molar-refractivity contribution < 1.29 is 14.4 Å². The summed E-state index contributed by atoms with van der Waals surface area (Å²) in [5.74, 6) is -0.905. The van der Waals surface area contributed by atoms with Crippen molar-refractivity contribution in [1.82, 2.24) is 15.2 Å². The number of nitrogens with zero attached hydrogens (tertiary/aromatic N) is 1. The maximum atomic E-state index is 13.1. The number of carbonyl (C=O) groups is 3. The summed E-state index contributed by atoms with van der Waals surface area (Å²) in [5, 5.41) is 6.60. The Kier molecular flexibility index (Phi) is 7.07. The van der Waals surface area contributed by atoms with Crippen LogP contribution in [0.5, 0.6) is 0 Å². The summed E-state index contributed by atoms with van der Waals surface area (Å²) in [6.07, 6.45) is 2.97. The summed E-state index contributed by atoms with van der Waals surface area (Å²) in [6.45, 7) is 3.29. The van der Waals surface area contributed by atoms with Gasteiger partial charge in [0, 0.05) is 43.2 Å². The van der Waals surface area contributed by atoms with Gasteiger partial charge >= 0.3 is 0 Å². The molecule has 0 aliphatic carbocycles. The minimum absolute atomic E-state index is 0.110. The molecule has 2 aromatic carbocycles. The van der Waals surface area contributed by atoms with Gasteiger partial charge in [-0.1, -0.05) is 43.3 Å². The van der Waals surface area contributed by atoms with Crippen LogP contribution in [0.1, 0.15) is 25.0 Å². The lowest BCUT2D eigenvalue weighted by Crippen LogP contribution is -2.49. The highest BCUT2D eigenvalue weighted by Crippen LogP contribution is 2.20. The van der Waals surface area contributed by atoms with E-state index in [4.69, 9.17) is 0 Å². The number of likely N-dealkylation sites (N-methyl/N-ethyl adjacent to an activating group) is 1. The standard InChI is InChI=1S/C24H28N4O3/c1-4-17-9-5-7-11-20(17)27-23(30)15-28(3)24(31)22(26-16(2)29)13-18-14-25-21-12-8-6-10-19(18)21/h5-12,14,22,25H,4,13,15H2,1-3H3,(H,26,29)(H,27,30). The number of aromatic amines is 1. The first kappa shape index (κ1) is 22.1. The average molecular weight is 421 g/mol. The van der Waals surface area contributed by atoms with Gasteiger partial charge in [0.25, 0.3) is 0 Å². The molecule has 31 heavy (non-hydrogen) atoms. The minimum Gasteiger partial charge on any atom is -0.361 e. The van der Waals surface area contributed by atoms with Crippen LogP contribution in [-0.2, 0) is 27.2 Å². The molecule has 3 amide bonds. The summed E-state index contributed by atoms with van der Waals surface area (Å²) < 4.78 is 0. The van der Waals surface area contributed by atoms with Crippen molar-refractivity contribution in [3.63, 3.8) is 0 Å². The Labute approximate surface area is 181 Å². The van der Waals surface area contributed by atoms with Crippen molar-refractivity contribution in [1.29, 1.82) is 0 Å². The number of fused-ring (bicyclic) bond motifs is 1. The van der Waals surface area contributed by atoms with E-state index in [-0.39, 0.29) is 24.3 Å². The van der Waals surface area contributed by atoms with E-state index in [1.54, 1.807) is 7.05 Å². The van der Waals surface area contributed by atoms with Crippen LogP contribution in [0, 0.1) is 0 Å². The number of para-hydroxylation sites is 2. The third-order valence-electron chi connectivity index (χ3n) is 5.20. The number of rotatable bonds is 8. The SMILES string of the molecule is CCc1ccccc1NC(=O)CN(C)C(=O)C(Cc1c[nH]c2ccccc12)NC(C)=O. The molecule has 7 nitrogen and oxygen atoms in total. The Morgan fingerprint density at radius 2 is 1.74 bits per heavy atom. The summed E-state index contributed by atoms with van der Waals surface area (Å²) >= 11 is 0. The fourth-order valence-electron chi connectivity index (χ4n) is 3.67. The maximum Gasteiger partial charge on any atom is 0.245 e. The van der Waals surface area contributed by atoms with Crippen molar-refractivity contribution in [2.45, 2.75) is 32.7 Å². The molecule has 3 N–H and O–H groups in total. The molecule has 3 aromatic rings. The van der Waals surface area contributed by atoms with Crippen molar-refractivity contribution in [3.8, 4) is 0 Å². The van der Waals surface area contributed by atoms with Crippen LogP contribution in [0.2, 0.25) is 0 Å². The van der Waals surface area contributed by atoms with E-state index in [1.807, 2.05) is 61.7 Å². The Bertz CT molecular complexity index is 1090. The second kappa shape index (κ2) is 9.93. The molecule has 1 unspecified atom stereocenters. The molecule has 7 heteroatoms. The van der Waals surface area contributed by atoms with E-state index >= 15 is 0 Å². The predicted molar refractivity (Wildman–Crippen MR) is 122 cm³/mol. The van der Waals surface area contributed by atoms with Gasteiger partial charge in [0.2, 0.25) is 17.7 Å². The van der Waals surface area contributed by atoms with Gasteiger partial charge in [-0.05, 0) is 29.7 Å². The number of H-pyrrole nitrogens is 1. The molecule has 0 saturated carbocycles. The number of hydrogen-bond acceptors (Lipinski definition) is 3. The largest absolute Gasteiger partial charge is 0.361 e. The van der Waals surface area contributed by atoms with Crippen LogP contribution in [0.4, 0.5) is 5.69 Å². The normalized spacial score (nSPS) is 11.7. The predicted octanol–water partition coefficient (Wildman–Crippen LogP) is 2.87. The highest BCUT2D eigenvalue weighted by atomic mass is 16.2. The minimum atomic E-state index is -0.766. The molecule has 0 spiro atoms. The van der Waals surface area contributed by atoms with Crippen LogP contribution < -0.4 is 10.6 Å². The monoisotopic (exact) mass is 420 g/mol. The number of benzene rings is 2. The third-order valence-corrected chi connectivity index (χ3v) is 5.20. The van der Waals surface area contributed by atoms with Crippen LogP contribution in [0.15, 0.2) is 54.7 Å². The first-order valence-corrected chi connectivity index (χ1v) is 10.3. The molecule has 0 radical (unpaired) electrons. The lowest BCUT2D eigenvalue weighted by Gasteiger charge is -2.24. The molecule has 0 aliphatic rings. The van der Waals surface area contributed by atoms with Crippen molar-refractivity contribution in [2.75, 3.05) is 18.9 Å². The lowest BCUT2D eigenvalue weighted by atomic mass is 10.0. The number of aryl methyl sites for hydroxylation is 1. The zero-order valence-corrected chi connectivity index (χ0v) is 18.1. The van der Waals surface area contributed by atoms with Crippen LogP contribution in [0.25, 0.3) is 10.9 Å². The lowest BCUT2D eigenvalue weighted by molar-refractivity contribution is -0.137. The molecule has 0 aliphatic heterocycles. The molecular formula is C24H28N4O3. The van der Waals surface area contributed by atoms with Crippen molar-refractivity contribution in [3.05, 3.63) is 65.9 Å². The molecule has 1 aromatic heterocycles. The smallest absolute Gasteiger partial charge is 0.245 e. The Hall–Kier alpha value is -3.61. The first-order chi connectivity index (χ1) is 14.9. The van der Waals surface area contributed by atoms with E-state index in [2.05, 4.69) is 15.6 Å². The van der Waals surface area contributed by atoms with E-state index < -0.39 is 6.04 Å². The van der Waals surface area contributed by atoms with E-state index in [1.165, 1.54) is 11.8 Å². The maximum absolute atomic E-state index is 13.1. The summed E-state index contributed by atoms with van der Waals surface area (Å²) in [6, 6.07) is 14.6. The van der Waals surface area contributed by atoms with Crippen molar-refractivity contribution in [2.24, 2.45) is 0 Å². The van der Waals surface area contributed by atoms with Gasteiger partial charge in [-0.25, -0.2) is 0 Å². The quantitative estimate of drug-likeness (QED) is 0.523. The topological polar surface area (TPSA) is 94.3 Å². The first-order valence-electron chi connectivity index (χ1n) is 10.3. The van der Waals surface area contributed by atoms with Gasteiger partial charge in [-0.2, -0.15) is 0 Å². The van der Waals surface area contributed by atoms with Gasteiger partial charge in [0.1, 0.15) is 6.04 Å². The number of nitrogens with one attached hydrogen (secondary N) is 3. The highest BCUT2D eigenvalue weighted by Gasteiger charge is 2.25. The molecule has 162 valence electrons. The van der Waals surface area contributed by atoms with E-state index in [0.29, 0.717) is 6.42 Å². The van der Waals surface area contributed by atoms with Gasteiger partial charge in [-0.15, -0.1) is 0 Å². The number of amides is 3. The number of aromatic nitrogens is 1.